The van der Waals surface area contributed by atoms with Crippen molar-refractivity contribution in [3.8, 4) is 0 Å². The number of carboxylic acid groups (broad SMARTS) is 1. The number of carboxylic acids is 1. The highest BCUT2D eigenvalue weighted by Crippen LogP contribution is 2.34. The van der Waals surface area contributed by atoms with Gasteiger partial charge in [0.15, 0.2) is 0 Å². The minimum Gasteiger partial charge on any atom is -0.480 e. The van der Waals surface area contributed by atoms with Crippen LogP contribution in [0.4, 0.5) is 19.0 Å². The maximum absolute atomic E-state index is 12.5. The summed E-state index contributed by atoms with van der Waals surface area (Å²) in [5.41, 5.74) is -0.965. The van der Waals surface area contributed by atoms with Crippen molar-refractivity contribution in [3.05, 3.63) is 22.8 Å². The molecular weight excluding hydrogens is 334 g/mol. The summed E-state index contributed by atoms with van der Waals surface area (Å²) in [7, 11) is 0. The first kappa shape index (κ1) is 17.8. The van der Waals surface area contributed by atoms with Crippen molar-refractivity contribution in [2.24, 2.45) is 0 Å². The minimum atomic E-state index is -4.54. The normalized spacial score (nSPS) is 19.0. The van der Waals surface area contributed by atoms with Crippen LogP contribution < -0.4 is 10.2 Å². The number of piperazine rings is 1. The third-order valence-electron chi connectivity index (χ3n) is 2.95. The number of anilines is 1. The standard InChI is InChI=1S/C11H11ClF3N3O2.ClH/c12-7-3-6(11(13,14)15)4-17-9(7)18-2-1-16-5-8(18)10(19)20;/h3-4,8,16H,1-2,5H2,(H,19,20);1H. The fourth-order valence-electron chi connectivity index (χ4n) is 1.98. The average molecular weight is 346 g/mol. The summed E-state index contributed by atoms with van der Waals surface area (Å²) in [4.78, 5) is 16.2. The molecule has 0 aromatic carbocycles. The van der Waals surface area contributed by atoms with E-state index < -0.39 is 23.8 Å². The number of alkyl halides is 3. The Labute approximate surface area is 129 Å². The zero-order valence-electron chi connectivity index (χ0n) is 10.5. The van der Waals surface area contributed by atoms with Crippen molar-refractivity contribution in [3.63, 3.8) is 0 Å². The van der Waals surface area contributed by atoms with Crippen LogP contribution in [-0.4, -0.2) is 41.7 Å². The zero-order valence-corrected chi connectivity index (χ0v) is 12.1. The molecule has 0 saturated carbocycles. The second-order valence-electron chi connectivity index (χ2n) is 4.28. The molecular formula is C11H12Cl2F3N3O2. The van der Waals surface area contributed by atoms with Crippen LogP contribution in [-0.2, 0) is 11.0 Å². The van der Waals surface area contributed by atoms with Gasteiger partial charge in [-0.25, -0.2) is 9.78 Å². The van der Waals surface area contributed by atoms with Crippen molar-refractivity contribution >= 4 is 35.8 Å². The maximum Gasteiger partial charge on any atom is 0.417 e. The molecule has 1 atom stereocenters. The number of carbonyl (C=O) groups is 1. The lowest BCUT2D eigenvalue weighted by atomic mass is 10.2. The van der Waals surface area contributed by atoms with E-state index in [2.05, 4.69) is 10.3 Å². The highest BCUT2D eigenvalue weighted by atomic mass is 35.5. The Morgan fingerprint density at radius 2 is 2.19 bits per heavy atom. The summed E-state index contributed by atoms with van der Waals surface area (Å²) in [5, 5.41) is 11.8. The summed E-state index contributed by atoms with van der Waals surface area (Å²) in [6.45, 7) is 0.978. The molecule has 21 heavy (non-hydrogen) atoms. The van der Waals surface area contributed by atoms with Crippen LogP contribution in [0, 0.1) is 0 Å². The second kappa shape index (κ2) is 6.67. The maximum atomic E-state index is 12.5. The third-order valence-corrected chi connectivity index (χ3v) is 3.23. The van der Waals surface area contributed by atoms with Gasteiger partial charge in [-0.2, -0.15) is 13.2 Å². The summed E-state index contributed by atoms with van der Waals surface area (Å²) in [6.07, 6.45) is -3.88. The fourth-order valence-corrected chi connectivity index (χ4v) is 2.25. The molecule has 5 nitrogen and oxygen atoms in total. The van der Waals surface area contributed by atoms with Crippen LogP contribution >= 0.6 is 24.0 Å². The molecule has 0 spiro atoms. The summed E-state index contributed by atoms with van der Waals surface area (Å²) < 4.78 is 37.6. The number of hydrogen-bond donors (Lipinski definition) is 2. The van der Waals surface area contributed by atoms with Crippen LogP contribution in [0.2, 0.25) is 5.02 Å². The molecule has 2 heterocycles. The number of halogens is 5. The van der Waals surface area contributed by atoms with Crippen LogP contribution in [0.15, 0.2) is 12.3 Å². The lowest BCUT2D eigenvalue weighted by Crippen LogP contribution is -2.55. The van der Waals surface area contributed by atoms with Gasteiger partial charge in [-0.15, -0.1) is 12.4 Å². The second-order valence-corrected chi connectivity index (χ2v) is 4.69. The molecule has 0 amide bonds. The molecule has 1 aromatic rings. The van der Waals surface area contributed by atoms with Crippen molar-refractivity contribution < 1.29 is 23.1 Å². The van der Waals surface area contributed by atoms with Crippen LogP contribution in [0.1, 0.15) is 5.56 Å². The smallest absolute Gasteiger partial charge is 0.417 e. The first-order valence-corrected chi connectivity index (χ1v) is 6.11. The Bertz CT molecular complexity index is 528. The number of nitrogens with one attached hydrogen (secondary N) is 1. The third kappa shape index (κ3) is 3.90. The summed E-state index contributed by atoms with van der Waals surface area (Å²) in [5.74, 6) is -1.04. The van der Waals surface area contributed by atoms with Crippen molar-refractivity contribution in [1.29, 1.82) is 0 Å². The van der Waals surface area contributed by atoms with E-state index in [9.17, 15) is 18.0 Å². The molecule has 10 heteroatoms. The Morgan fingerprint density at radius 1 is 1.52 bits per heavy atom. The van der Waals surface area contributed by atoms with E-state index in [1.54, 1.807) is 0 Å². The van der Waals surface area contributed by atoms with Gasteiger partial charge >= 0.3 is 12.1 Å². The first-order valence-electron chi connectivity index (χ1n) is 5.73. The van der Waals surface area contributed by atoms with Gasteiger partial charge in [0.25, 0.3) is 0 Å². The molecule has 0 radical (unpaired) electrons. The number of pyridine rings is 1. The zero-order chi connectivity index (χ0) is 14.9. The number of aliphatic carboxylic acids is 1. The molecule has 1 saturated heterocycles. The fraction of sp³-hybridized carbons (Fsp3) is 0.455. The highest BCUT2D eigenvalue weighted by Gasteiger charge is 2.34. The molecule has 0 bridgehead atoms. The molecule has 118 valence electrons. The average Bonchev–Trinajstić information content (AvgIpc) is 2.37. The van der Waals surface area contributed by atoms with E-state index >= 15 is 0 Å². The van der Waals surface area contributed by atoms with Gasteiger partial charge in [-0.3, -0.25) is 0 Å². The van der Waals surface area contributed by atoms with Gasteiger partial charge in [0.05, 0.1) is 10.6 Å². The topological polar surface area (TPSA) is 65.5 Å². The number of nitrogens with zero attached hydrogens (tertiary/aromatic N) is 2. The molecule has 1 aromatic heterocycles. The molecule has 0 aliphatic carbocycles. The van der Waals surface area contributed by atoms with E-state index in [-0.39, 0.29) is 29.8 Å². The van der Waals surface area contributed by atoms with Gasteiger partial charge in [0.2, 0.25) is 0 Å². The van der Waals surface area contributed by atoms with Gasteiger partial charge in [0, 0.05) is 25.8 Å². The summed E-state index contributed by atoms with van der Waals surface area (Å²) in [6, 6.07) is -0.157. The van der Waals surface area contributed by atoms with Crippen LogP contribution in [0.3, 0.4) is 0 Å². The highest BCUT2D eigenvalue weighted by molar-refractivity contribution is 6.33. The summed E-state index contributed by atoms with van der Waals surface area (Å²) >= 11 is 5.82. The molecule has 1 fully saturated rings. The molecule has 2 N–H and O–H groups in total. The van der Waals surface area contributed by atoms with Crippen LogP contribution in [0.5, 0.6) is 0 Å². The van der Waals surface area contributed by atoms with Gasteiger partial charge < -0.3 is 15.3 Å². The number of rotatable bonds is 2. The van der Waals surface area contributed by atoms with E-state index in [1.165, 1.54) is 4.90 Å². The van der Waals surface area contributed by atoms with E-state index in [0.29, 0.717) is 19.3 Å². The lowest BCUT2D eigenvalue weighted by molar-refractivity contribution is -0.139. The van der Waals surface area contributed by atoms with Gasteiger partial charge in [0.1, 0.15) is 11.9 Å². The van der Waals surface area contributed by atoms with Crippen molar-refractivity contribution in [1.82, 2.24) is 10.3 Å². The van der Waals surface area contributed by atoms with Crippen LogP contribution in [0.25, 0.3) is 0 Å². The van der Waals surface area contributed by atoms with E-state index in [4.69, 9.17) is 16.7 Å². The first-order chi connectivity index (χ1) is 9.30. The Morgan fingerprint density at radius 3 is 2.71 bits per heavy atom. The van der Waals surface area contributed by atoms with Crippen molar-refractivity contribution in [2.45, 2.75) is 12.2 Å². The molecule has 1 aliphatic rings. The predicted octanol–water partition coefficient (Wildman–Crippen LogP) is 2.04. The van der Waals surface area contributed by atoms with Gasteiger partial charge in [-0.1, -0.05) is 11.6 Å². The quantitative estimate of drug-likeness (QED) is 0.858. The Hall–Kier alpha value is -1.25. The van der Waals surface area contributed by atoms with Gasteiger partial charge in [-0.05, 0) is 6.07 Å². The Kier molecular flexibility index (Phi) is 5.66. The SMILES string of the molecule is Cl.O=C(O)C1CNCCN1c1ncc(C(F)(F)F)cc1Cl. The number of aromatic nitrogens is 1. The predicted molar refractivity (Wildman–Crippen MR) is 73.1 cm³/mol. The lowest BCUT2D eigenvalue weighted by Gasteiger charge is -2.34. The molecule has 2 rings (SSSR count). The van der Waals surface area contributed by atoms with E-state index in [0.717, 1.165) is 6.07 Å². The van der Waals surface area contributed by atoms with Crippen molar-refractivity contribution in [2.75, 3.05) is 24.5 Å². The number of hydrogen-bond acceptors (Lipinski definition) is 4. The molecule has 1 aliphatic heterocycles. The monoisotopic (exact) mass is 345 g/mol. The largest absolute Gasteiger partial charge is 0.480 e. The molecule has 1 unspecified atom stereocenters. The minimum absolute atomic E-state index is 0. The van der Waals surface area contributed by atoms with E-state index in [1.807, 2.05) is 0 Å². The Balaban J connectivity index is 0.00000220.